The van der Waals surface area contributed by atoms with Crippen LogP contribution in [0, 0.1) is 0 Å². The Balaban J connectivity index is 1.77. The van der Waals surface area contributed by atoms with Crippen molar-refractivity contribution in [2.75, 3.05) is 11.9 Å². The number of carbonyl (C=O) groups is 2. The van der Waals surface area contributed by atoms with Gasteiger partial charge in [-0.15, -0.1) is 0 Å². The molecule has 0 aromatic carbocycles. The average molecular weight is 388 g/mol. The third-order valence-corrected chi connectivity index (χ3v) is 5.91. The lowest BCUT2D eigenvalue weighted by Crippen LogP contribution is -2.55. The van der Waals surface area contributed by atoms with Crippen molar-refractivity contribution in [3.63, 3.8) is 0 Å². The molecule has 0 spiro atoms. The molecule has 0 radical (unpaired) electrons. The van der Waals surface area contributed by atoms with Crippen LogP contribution in [0.5, 0.6) is 0 Å². The minimum atomic E-state index is -0.948. The van der Waals surface area contributed by atoms with E-state index in [-0.39, 0.29) is 11.4 Å². The van der Waals surface area contributed by atoms with Crippen molar-refractivity contribution in [3.05, 3.63) is 30.2 Å². The first-order valence-electron chi connectivity index (χ1n) is 8.92. The molecule has 2 aromatic rings. The second-order valence-corrected chi connectivity index (χ2v) is 9.06. The number of thiazole rings is 1. The van der Waals surface area contributed by atoms with Gasteiger partial charge in [0.1, 0.15) is 5.54 Å². The summed E-state index contributed by atoms with van der Waals surface area (Å²) in [7, 11) is 0. The number of likely N-dealkylation sites (tertiary alicyclic amines) is 1. The second kappa shape index (κ2) is 6.92. The largest absolute Gasteiger partial charge is 0.368 e. The normalized spacial score (nSPS) is 19.9. The molecule has 7 nitrogen and oxygen atoms in total. The summed E-state index contributed by atoms with van der Waals surface area (Å²) in [6, 6.07) is 3.63. The molecule has 2 aromatic heterocycles. The number of aromatic nitrogens is 2. The number of hydrogen-bond acceptors (Lipinski definition) is 5. The molecular weight excluding hydrogens is 362 g/mol. The summed E-state index contributed by atoms with van der Waals surface area (Å²) in [4.78, 5) is 35.6. The quantitative estimate of drug-likeness (QED) is 0.843. The molecule has 0 bridgehead atoms. The molecule has 1 atom stereocenters. The number of nitrogens with zero attached hydrogens (tertiary/aromatic N) is 3. The van der Waals surface area contributed by atoms with Crippen molar-refractivity contribution < 1.29 is 9.59 Å². The summed E-state index contributed by atoms with van der Waals surface area (Å²) in [5.41, 5.74) is 6.51. The second-order valence-electron chi connectivity index (χ2n) is 8.03. The number of carbonyl (C=O) groups excluding carboxylic acids is 2. The van der Waals surface area contributed by atoms with E-state index in [0.29, 0.717) is 18.1 Å². The van der Waals surface area contributed by atoms with E-state index in [0.717, 1.165) is 22.6 Å². The maximum Gasteiger partial charge on any atom is 0.324 e. The molecule has 0 saturated carbocycles. The SMILES string of the molecule is CC(C)(C)c1cc(-c2cnc(NC(=O)N3CCC[C@@]3(C)C(N)=O)s2)ccn1. The van der Waals surface area contributed by atoms with Gasteiger partial charge in [-0.3, -0.25) is 15.1 Å². The number of pyridine rings is 1. The Morgan fingerprint density at radius 3 is 2.74 bits per heavy atom. The molecule has 1 aliphatic rings. The van der Waals surface area contributed by atoms with Gasteiger partial charge in [-0.05, 0) is 37.5 Å². The molecular formula is C19H25N5O2S. The Labute approximate surface area is 163 Å². The van der Waals surface area contributed by atoms with Gasteiger partial charge in [0.25, 0.3) is 0 Å². The molecule has 144 valence electrons. The monoisotopic (exact) mass is 387 g/mol. The number of amides is 3. The highest BCUT2D eigenvalue weighted by molar-refractivity contribution is 7.19. The molecule has 8 heteroatoms. The Morgan fingerprint density at radius 2 is 2.07 bits per heavy atom. The molecule has 1 saturated heterocycles. The first kappa shape index (κ1) is 19.3. The first-order chi connectivity index (χ1) is 12.6. The number of primary amides is 1. The van der Waals surface area contributed by atoms with Crippen LogP contribution in [0.2, 0.25) is 0 Å². The molecule has 3 amide bonds. The fraction of sp³-hybridized carbons (Fsp3) is 0.474. The number of anilines is 1. The third-order valence-electron chi connectivity index (χ3n) is 4.95. The average Bonchev–Trinajstić information content (AvgIpc) is 3.21. The summed E-state index contributed by atoms with van der Waals surface area (Å²) in [6.07, 6.45) is 4.85. The van der Waals surface area contributed by atoms with Crippen LogP contribution in [0.3, 0.4) is 0 Å². The molecule has 1 aliphatic heterocycles. The van der Waals surface area contributed by atoms with E-state index in [9.17, 15) is 9.59 Å². The zero-order chi connectivity index (χ0) is 19.8. The molecule has 0 aliphatic carbocycles. The molecule has 27 heavy (non-hydrogen) atoms. The number of rotatable bonds is 3. The summed E-state index contributed by atoms with van der Waals surface area (Å²) in [5.74, 6) is -0.485. The maximum atomic E-state index is 12.6. The predicted molar refractivity (Wildman–Crippen MR) is 107 cm³/mol. The smallest absolute Gasteiger partial charge is 0.324 e. The fourth-order valence-corrected chi connectivity index (χ4v) is 3.97. The number of nitrogens with two attached hydrogens (primary N) is 1. The lowest BCUT2D eigenvalue weighted by atomic mass is 9.91. The van der Waals surface area contributed by atoms with Gasteiger partial charge in [0, 0.05) is 30.0 Å². The van der Waals surface area contributed by atoms with Crippen LogP contribution in [0.4, 0.5) is 9.93 Å². The molecule has 3 heterocycles. The van der Waals surface area contributed by atoms with E-state index in [4.69, 9.17) is 5.73 Å². The molecule has 1 fully saturated rings. The number of urea groups is 1. The van der Waals surface area contributed by atoms with Crippen LogP contribution in [0.25, 0.3) is 10.4 Å². The van der Waals surface area contributed by atoms with E-state index in [2.05, 4.69) is 36.1 Å². The van der Waals surface area contributed by atoms with Gasteiger partial charge in [0.05, 0.1) is 4.88 Å². The predicted octanol–water partition coefficient (Wildman–Crippen LogP) is 3.37. The summed E-state index contributed by atoms with van der Waals surface area (Å²) < 4.78 is 0. The van der Waals surface area contributed by atoms with Crippen LogP contribution < -0.4 is 11.1 Å². The topological polar surface area (TPSA) is 101 Å². The van der Waals surface area contributed by atoms with Crippen molar-refractivity contribution in [2.24, 2.45) is 5.73 Å². The van der Waals surface area contributed by atoms with Gasteiger partial charge in [0.15, 0.2) is 5.13 Å². The highest BCUT2D eigenvalue weighted by Gasteiger charge is 2.44. The third kappa shape index (κ3) is 3.80. The standard InChI is InChI=1S/C19H25N5O2S/c1-18(2,3)14-10-12(6-8-21-14)13-11-22-16(27-13)23-17(26)24-9-5-7-19(24,4)15(20)25/h6,8,10-11H,5,7,9H2,1-4H3,(H2,20,25)(H,22,23,26)/t19-/m0/s1. The van der Waals surface area contributed by atoms with Crippen molar-refractivity contribution in [2.45, 2.75) is 51.5 Å². The Hall–Kier alpha value is -2.48. The van der Waals surface area contributed by atoms with Gasteiger partial charge >= 0.3 is 6.03 Å². The van der Waals surface area contributed by atoms with Crippen LogP contribution in [-0.4, -0.2) is 38.9 Å². The number of nitrogens with one attached hydrogen (secondary N) is 1. The van der Waals surface area contributed by atoms with Crippen molar-refractivity contribution in [3.8, 4) is 10.4 Å². The Morgan fingerprint density at radius 1 is 1.33 bits per heavy atom. The summed E-state index contributed by atoms with van der Waals surface area (Å²) in [6.45, 7) is 8.55. The molecule has 3 rings (SSSR count). The first-order valence-corrected chi connectivity index (χ1v) is 9.74. The Kier molecular flexibility index (Phi) is 4.94. The maximum absolute atomic E-state index is 12.6. The highest BCUT2D eigenvalue weighted by atomic mass is 32.1. The minimum Gasteiger partial charge on any atom is -0.368 e. The van der Waals surface area contributed by atoms with E-state index >= 15 is 0 Å². The molecule has 3 N–H and O–H groups in total. The van der Waals surface area contributed by atoms with Gasteiger partial charge in [-0.25, -0.2) is 9.78 Å². The van der Waals surface area contributed by atoms with Crippen LogP contribution >= 0.6 is 11.3 Å². The van der Waals surface area contributed by atoms with Crippen molar-refractivity contribution >= 4 is 28.4 Å². The summed E-state index contributed by atoms with van der Waals surface area (Å²) in [5, 5.41) is 3.29. The zero-order valence-corrected chi connectivity index (χ0v) is 16.9. The fourth-order valence-electron chi connectivity index (χ4n) is 3.16. The van der Waals surface area contributed by atoms with Crippen LogP contribution in [0.15, 0.2) is 24.5 Å². The van der Waals surface area contributed by atoms with E-state index < -0.39 is 11.4 Å². The van der Waals surface area contributed by atoms with E-state index in [1.807, 2.05) is 12.1 Å². The summed E-state index contributed by atoms with van der Waals surface area (Å²) >= 11 is 1.39. The van der Waals surface area contributed by atoms with Crippen LogP contribution in [-0.2, 0) is 10.2 Å². The highest BCUT2D eigenvalue weighted by Crippen LogP contribution is 2.33. The Bertz CT molecular complexity index is 873. The lowest BCUT2D eigenvalue weighted by Gasteiger charge is -2.31. The van der Waals surface area contributed by atoms with Crippen molar-refractivity contribution in [1.29, 1.82) is 0 Å². The zero-order valence-electron chi connectivity index (χ0n) is 16.1. The number of hydrogen-bond donors (Lipinski definition) is 2. The van der Waals surface area contributed by atoms with Gasteiger partial charge in [-0.1, -0.05) is 32.1 Å². The van der Waals surface area contributed by atoms with E-state index in [1.54, 1.807) is 19.3 Å². The molecule has 0 unspecified atom stereocenters. The van der Waals surface area contributed by atoms with E-state index in [1.165, 1.54) is 16.2 Å². The lowest BCUT2D eigenvalue weighted by molar-refractivity contribution is -0.126. The van der Waals surface area contributed by atoms with Gasteiger partial charge in [-0.2, -0.15) is 0 Å². The van der Waals surface area contributed by atoms with Crippen molar-refractivity contribution in [1.82, 2.24) is 14.9 Å². The van der Waals surface area contributed by atoms with Crippen LogP contribution in [0.1, 0.15) is 46.2 Å². The minimum absolute atomic E-state index is 0.0489. The van der Waals surface area contributed by atoms with Gasteiger partial charge in [0.2, 0.25) is 5.91 Å². The van der Waals surface area contributed by atoms with Gasteiger partial charge < -0.3 is 10.6 Å².